The Balaban J connectivity index is 1.91. The van der Waals surface area contributed by atoms with Crippen molar-refractivity contribution in [2.45, 2.75) is 19.9 Å². The van der Waals surface area contributed by atoms with Crippen LogP contribution in [-0.4, -0.2) is 39.3 Å². The number of rotatable bonds is 6. The summed E-state index contributed by atoms with van der Waals surface area (Å²) in [6.07, 6.45) is 0. The van der Waals surface area contributed by atoms with Gasteiger partial charge < -0.3 is 9.84 Å². The number of aliphatic hydroxyl groups excluding tert-OH is 1. The number of hydrogen-bond donors (Lipinski definition) is 1. The summed E-state index contributed by atoms with van der Waals surface area (Å²) in [4.78, 5) is 54.8. The summed E-state index contributed by atoms with van der Waals surface area (Å²) in [6, 6.07) is 12.4. The maximum absolute atomic E-state index is 13.2. The van der Waals surface area contributed by atoms with Crippen LogP contribution >= 0.6 is 11.3 Å². The number of Topliss-reactive ketones (excluding diaryl/α,β-unsaturated/α-hetero) is 1. The van der Waals surface area contributed by atoms with Crippen LogP contribution in [0.3, 0.4) is 0 Å². The van der Waals surface area contributed by atoms with Gasteiger partial charge in [0.1, 0.15) is 10.6 Å². The number of hydrogen-bond acceptors (Lipinski definition) is 9. The Morgan fingerprint density at radius 3 is 2.43 bits per heavy atom. The second kappa shape index (κ2) is 9.47. The molecule has 2 aromatic carbocycles. The molecule has 10 nitrogen and oxygen atoms in total. The number of aromatic nitrogens is 1. The van der Waals surface area contributed by atoms with Gasteiger partial charge in [0.2, 0.25) is 0 Å². The van der Waals surface area contributed by atoms with Crippen molar-refractivity contribution in [2.24, 2.45) is 0 Å². The molecule has 1 aromatic heterocycles. The van der Waals surface area contributed by atoms with Crippen LogP contribution in [0.1, 0.15) is 39.5 Å². The molecule has 0 spiro atoms. The van der Waals surface area contributed by atoms with E-state index in [0.717, 1.165) is 16.2 Å². The molecule has 178 valence electrons. The van der Waals surface area contributed by atoms with Gasteiger partial charge in [-0.2, -0.15) is 0 Å². The van der Waals surface area contributed by atoms with Crippen molar-refractivity contribution in [1.82, 2.24) is 4.98 Å². The Labute approximate surface area is 203 Å². The zero-order valence-corrected chi connectivity index (χ0v) is 19.4. The molecule has 1 saturated heterocycles. The molecule has 35 heavy (non-hydrogen) atoms. The first-order valence-electron chi connectivity index (χ1n) is 10.5. The van der Waals surface area contributed by atoms with E-state index in [2.05, 4.69) is 4.98 Å². The van der Waals surface area contributed by atoms with Crippen LogP contribution in [-0.2, 0) is 14.3 Å². The Bertz CT molecular complexity index is 1360. The smallest absolute Gasteiger partial charge is 0.350 e. The predicted octanol–water partition coefficient (Wildman–Crippen LogP) is 4.16. The summed E-state index contributed by atoms with van der Waals surface area (Å²) in [5.41, 5.74) is 0.609. The number of anilines is 1. The number of ketones is 1. The van der Waals surface area contributed by atoms with Gasteiger partial charge in [-0.15, -0.1) is 0 Å². The van der Waals surface area contributed by atoms with Crippen LogP contribution in [0.4, 0.5) is 10.8 Å². The lowest BCUT2D eigenvalue weighted by molar-refractivity contribution is -0.384. The third-order valence-electron chi connectivity index (χ3n) is 5.36. The Kier molecular flexibility index (Phi) is 6.43. The number of aryl methyl sites for hydroxylation is 1. The second-order valence-electron chi connectivity index (χ2n) is 7.52. The zero-order valence-electron chi connectivity index (χ0n) is 18.6. The first kappa shape index (κ1) is 23.8. The van der Waals surface area contributed by atoms with Crippen molar-refractivity contribution in [3.63, 3.8) is 0 Å². The van der Waals surface area contributed by atoms with Crippen molar-refractivity contribution >= 4 is 45.6 Å². The van der Waals surface area contributed by atoms with Gasteiger partial charge in [0.15, 0.2) is 5.13 Å². The minimum Gasteiger partial charge on any atom is -0.507 e. The molecule has 1 aliphatic rings. The quantitative estimate of drug-likeness (QED) is 0.135. The standard InChI is InChI=1S/C24H19N3O7S/c1-3-34-23(31)21-13(2)25-24(35-21)26-18(14-9-11-16(12-10-14)27(32)33)17(20(29)22(26)30)19(28)15-7-5-4-6-8-15/h4-12,18,28H,3H2,1-2H3/b19-17+/t18-/m0/s1. The van der Waals surface area contributed by atoms with Crippen LogP contribution < -0.4 is 4.90 Å². The first-order chi connectivity index (χ1) is 16.7. The summed E-state index contributed by atoms with van der Waals surface area (Å²) in [5, 5.41) is 22.2. The van der Waals surface area contributed by atoms with Gasteiger partial charge in [-0.25, -0.2) is 9.78 Å². The highest BCUT2D eigenvalue weighted by Gasteiger charge is 2.48. The largest absolute Gasteiger partial charge is 0.507 e. The predicted molar refractivity (Wildman–Crippen MR) is 127 cm³/mol. The Morgan fingerprint density at radius 1 is 1.17 bits per heavy atom. The van der Waals surface area contributed by atoms with E-state index in [9.17, 15) is 29.6 Å². The number of esters is 1. The van der Waals surface area contributed by atoms with Gasteiger partial charge in [-0.05, 0) is 31.5 Å². The number of thiazole rings is 1. The fraction of sp³-hybridized carbons (Fsp3) is 0.167. The van der Waals surface area contributed by atoms with Gasteiger partial charge >= 0.3 is 11.9 Å². The van der Waals surface area contributed by atoms with Gasteiger partial charge in [-0.3, -0.25) is 24.6 Å². The highest BCUT2D eigenvalue weighted by molar-refractivity contribution is 7.17. The van der Waals surface area contributed by atoms with E-state index < -0.39 is 34.4 Å². The summed E-state index contributed by atoms with van der Waals surface area (Å²) >= 11 is 0.881. The number of ether oxygens (including phenoxy) is 1. The molecule has 1 amide bonds. The molecule has 0 saturated carbocycles. The maximum Gasteiger partial charge on any atom is 0.350 e. The fourth-order valence-corrected chi connectivity index (χ4v) is 4.73. The molecule has 1 fully saturated rings. The van der Waals surface area contributed by atoms with E-state index in [0.29, 0.717) is 16.8 Å². The normalized spacial score (nSPS) is 17.0. The Morgan fingerprint density at radius 2 is 1.83 bits per heavy atom. The van der Waals surface area contributed by atoms with Gasteiger partial charge in [0, 0.05) is 17.7 Å². The van der Waals surface area contributed by atoms with Crippen molar-refractivity contribution in [2.75, 3.05) is 11.5 Å². The average molecular weight is 493 g/mol. The Hall–Kier alpha value is -4.38. The van der Waals surface area contributed by atoms with E-state index in [-0.39, 0.29) is 27.9 Å². The average Bonchev–Trinajstić information content (AvgIpc) is 3.36. The number of nitro benzene ring substituents is 1. The van der Waals surface area contributed by atoms with Crippen LogP contribution in [0, 0.1) is 17.0 Å². The van der Waals surface area contributed by atoms with Crippen LogP contribution in [0.15, 0.2) is 60.2 Å². The molecule has 0 unspecified atom stereocenters. The highest BCUT2D eigenvalue weighted by Crippen LogP contribution is 2.44. The third kappa shape index (κ3) is 4.28. The van der Waals surface area contributed by atoms with Crippen LogP contribution in [0.2, 0.25) is 0 Å². The summed E-state index contributed by atoms with van der Waals surface area (Å²) < 4.78 is 5.04. The molecular weight excluding hydrogens is 474 g/mol. The van der Waals surface area contributed by atoms with E-state index in [1.165, 1.54) is 24.3 Å². The topological polar surface area (TPSA) is 140 Å². The molecule has 11 heteroatoms. The summed E-state index contributed by atoms with van der Waals surface area (Å²) in [6.45, 7) is 3.38. The van der Waals surface area contributed by atoms with E-state index in [1.807, 2.05) is 0 Å². The van der Waals surface area contributed by atoms with E-state index in [1.54, 1.807) is 44.2 Å². The second-order valence-corrected chi connectivity index (χ2v) is 8.49. The zero-order chi connectivity index (χ0) is 25.3. The minimum atomic E-state index is -1.13. The monoisotopic (exact) mass is 493 g/mol. The number of benzene rings is 2. The van der Waals surface area contributed by atoms with Gasteiger partial charge in [0.25, 0.3) is 11.5 Å². The molecule has 1 N–H and O–H groups in total. The molecule has 3 aromatic rings. The molecule has 0 bridgehead atoms. The minimum absolute atomic E-state index is 0.0584. The number of aliphatic hydroxyl groups is 1. The number of amides is 1. The molecule has 4 rings (SSSR count). The molecule has 0 radical (unpaired) electrons. The van der Waals surface area contributed by atoms with Gasteiger partial charge in [0.05, 0.1) is 28.8 Å². The summed E-state index contributed by atoms with van der Waals surface area (Å²) in [5.74, 6) is -2.90. The SMILES string of the molecule is CCOC(=O)c1sc(N2C(=O)C(=O)/C(=C(/O)c3ccccc3)[C@@H]2c2ccc([N+](=O)[O-])cc2)nc1C. The maximum atomic E-state index is 13.2. The van der Waals surface area contributed by atoms with E-state index >= 15 is 0 Å². The number of nitro groups is 1. The molecule has 2 heterocycles. The molecular formula is C24H19N3O7S. The lowest BCUT2D eigenvalue weighted by Gasteiger charge is -2.22. The van der Waals surface area contributed by atoms with Crippen molar-refractivity contribution < 1.29 is 29.2 Å². The lowest BCUT2D eigenvalue weighted by Crippen LogP contribution is -2.29. The molecule has 1 atom stereocenters. The van der Waals surface area contributed by atoms with Crippen molar-refractivity contribution in [3.05, 3.63) is 92.0 Å². The van der Waals surface area contributed by atoms with Crippen LogP contribution in [0.25, 0.3) is 5.76 Å². The van der Waals surface area contributed by atoms with Crippen molar-refractivity contribution in [1.29, 1.82) is 0 Å². The lowest BCUT2D eigenvalue weighted by atomic mass is 9.95. The highest BCUT2D eigenvalue weighted by atomic mass is 32.1. The number of carbonyl (C=O) groups excluding carboxylic acids is 3. The van der Waals surface area contributed by atoms with E-state index in [4.69, 9.17) is 4.74 Å². The number of carbonyl (C=O) groups is 3. The van der Waals surface area contributed by atoms with Crippen LogP contribution in [0.5, 0.6) is 0 Å². The summed E-state index contributed by atoms with van der Waals surface area (Å²) in [7, 11) is 0. The molecule has 1 aliphatic heterocycles. The fourth-order valence-electron chi connectivity index (χ4n) is 3.75. The third-order valence-corrected chi connectivity index (χ3v) is 6.50. The first-order valence-corrected chi connectivity index (χ1v) is 11.3. The van der Waals surface area contributed by atoms with Gasteiger partial charge in [-0.1, -0.05) is 41.7 Å². The molecule has 0 aliphatic carbocycles. The number of non-ortho nitro benzene ring substituents is 1. The number of nitrogens with zero attached hydrogens (tertiary/aromatic N) is 3. The van der Waals surface area contributed by atoms with Crippen molar-refractivity contribution in [3.8, 4) is 0 Å².